The number of hydrogen-bond acceptors (Lipinski definition) is 4. The average Bonchev–Trinajstić information content (AvgIpc) is 2.71. The summed E-state index contributed by atoms with van der Waals surface area (Å²) in [6, 6.07) is 11.7. The third-order valence-electron chi connectivity index (χ3n) is 4.83. The topological polar surface area (TPSA) is 47.8 Å². The summed E-state index contributed by atoms with van der Waals surface area (Å²) >= 11 is 7.61. The van der Waals surface area contributed by atoms with Crippen molar-refractivity contribution in [2.75, 3.05) is 0 Å². The molecule has 138 valence electrons. The average molecular weight is 398 g/mol. The Morgan fingerprint density at radius 2 is 1.74 bits per heavy atom. The van der Waals surface area contributed by atoms with Crippen LogP contribution in [0.3, 0.4) is 0 Å². The maximum absolute atomic E-state index is 12.8. The van der Waals surface area contributed by atoms with E-state index in [4.69, 9.17) is 11.6 Å². The second-order valence-corrected chi connectivity index (χ2v) is 8.09. The van der Waals surface area contributed by atoms with E-state index in [0.717, 1.165) is 52.7 Å². The van der Waals surface area contributed by atoms with Gasteiger partial charge in [0.2, 0.25) is 0 Å². The highest BCUT2D eigenvalue weighted by molar-refractivity contribution is 7.98. The molecule has 0 saturated heterocycles. The van der Waals surface area contributed by atoms with Crippen LogP contribution in [0.5, 0.6) is 0 Å². The Morgan fingerprint density at radius 1 is 1.00 bits per heavy atom. The fourth-order valence-electron chi connectivity index (χ4n) is 3.43. The first-order valence-corrected chi connectivity index (χ1v) is 10.5. The van der Waals surface area contributed by atoms with E-state index >= 15 is 0 Å². The maximum atomic E-state index is 12.8. The molecule has 0 saturated carbocycles. The number of benzene rings is 1. The van der Waals surface area contributed by atoms with Crippen molar-refractivity contribution in [1.29, 1.82) is 0 Å². The van der Waals surface area contributed by atoms with Gasteiger partial charge in [-0.25, -0.2) is 4.79 Å². The number of rotatable bonds is 5. The van der Waals surface area contributed by atoms with Crippen LogP contribution in [0.2, 0.25) is 5.02 Å². The van der Waals surface area contributed by atoms with E-state index in [1.54, 1.807) is 24.2 Å². The molecule has 3 aromatic rings. The molecule has 2 heterocycles. The van der Waals surface area contributed by atoms with Crippen molar-refractivity contribution in [3.8, 4) is 0 Å². The molecule has 0 N–H and O–H groups in total. The van der Waals surface area contributed by atoms with Gasteiger partial charge in [0.15, 0.2) is 0 Å². The molecule has 0 amide bonds. The van der Waals surface area contributed by atoms with Gasteiger partial charge in [0.05, 0.1) is 6.54 Å². The van der Waals surface area contributed by atoms with Crippen LogP contribution in [0.25, 0.3) is 0 Å². The molecular formula is C21H20ClN3OS. The van der Waals surface area contributed by atoms with Crippen LogP contribution >= 0.6 is 23.4 Å². The summed E-state index contributed by atoms with van der Waals surface area (Å²) in [5, 5.41) is 1.62. The predicted molar refractivity (Wildman–Crippen MR) is 109 cm³/mol. The third kappa shape index (κ3) is 4.25. The van der Waals surface area contributed by atoms with Gasteiger partial charge in [0, 0.05) is 34.4 Å². The smallest absolute Gasteiger partial charge is 0.292 e. The van der Waals surface area contributed by atoms with Gasteiger partial charge in [0.1, 0.15) is 5.03 Å². The number of halogens is 1. The highest BCUT2D eigenvalue weighted by Crippen LogP contribution is 2.30. The SMILES string of the molecule is O=c1nc(SCc2ccc(Cl)cc2)c2c(n1Cc1ccncc1)CCCC2. The van der Waals surface area contributed by atoms with Gasteiger partial charge in [-0.1, -0.05) is 23.7 Å². The van der Waals surface area contributed by atoms with Crippen LogP contribution in [0.15, 0.2) is 58.6 Å². The second kappa shape index (κ2) is 8.28. The largest absolute Gasteiger partial charge is 0.349 e. The molecule has 0 aliphatic heterocycles. The monoisotopic (exact) mass is 397 g/mol. The number of thioether (sulfide) groups is 1. The molecule has 0 fully saturated rings. The molecule has 1 aliphatic carbocycles. The molecule has 6 heteroatoms. The van der Waals surface area contributed by atoms with Crippen molar-refractivity contribution >= 4 is 23.4 Å². The minimum atomic E-state index is -0.161. The Balaban J connectivity index is 1.64. The lowest BCUT2D eigenvalue weighted by Crippen LogP contribution is -2.30. The van der Waals surface area contributed by atoms with Gasteiger partial charge in [0.25, 0.3) is 0 Å². The number of hydrogen-bond donors (Lipinski definition) is 0. The second-order valence-electron chi connectivity index (χ2n) is 6.69. The molecule has 0 unspecified atom stereocenters. The van der Waals surface area contributed by atoms with Crippen LogP contribution in [0.4, 0.5) is 0 Å². The van der Waals surface area contributed by atoms with Gasteiger partial charge in [-0.15, -0.1) is 11.8 Å². The minimum absolute atomic E-state index is 0.161. The fourth-order valence-corrected chi connectivity index (χ4v) is 4.59. The van der Waals surface area contributed by atoms with Gasteiger partial charge >= 0.3 is 5.69 Å². The summed E-state index contributed by atoms with van der Waals surface area (Å²) in [6.07, 6.45) is 7.71. The first-order valence-electron chi connectivity index (χ1n) is 9.09. The maximum Gasteiger partial charge on any atom is 0.349 e. The molecule has 1 aliphatic rings. The quantitative estimate of drug-likeness (QED) is 0.469. The molecule has 0 spiro atoms. The zero-order valence-corrected chi connectivity index (χ0v) is 16.5. The standard InChI is InChI=1S/C21H20ClN3OS/c22-17-7-5-16(6-8-17)14-27-20-18-3-1-2-4-19(18)25(21(26)24-20)13-15-9-11-23-12-10-15/h5-12H,1-4,13-14H2. The summed E-state index contributed by atoms with van der Waals surface area (Å²) in [5.74, 6) is 0.782. The Bertz CT molecular complexity index is 987. The van der Waals surface area contributed by atoms with E-state index < -0.39 is 0 Å². The number of fused-ring (bicyclic) bond motifs is 1. The molecule has 0 atom stereocenters. The Morgan fingerprint density at radius 3 is 2.52 bits per heavy atom. The predicted octanol–water partition coefficient (Wildman–Crippen LogP) is 4.51. The lowest BCUT2D eigenvalue weighted by atomic mass is 9.97. The molecule has 0 bridgehead atoms. The Hall–Kier alpha value is -2.11. The van der Waals surface area contributed by atoms with Gasteiger partial charge in [-0.2, -0.15) is 4.98 Å². The normalized spacial score (nSPS) is 13.4. The summed E-state index contributed by atoms with van der Waals surface area (Å²) in [6.45, 7) is 0.554. The van der Waals surface area contributed by atoms with Gasteiger partial charge in [-0.05, 0) is 61.1 Å². The van der Waals surface area contributed by atoms with Crippen molar-refractivity contribution in [3.63, 3.8) is 0 Å². The molecule has 27 heavy (non-hydrogen) atoms. The number of pyridine rings is 1. The minimum Gasteiger partial charge on any atom is -0.292 e. The molecule has 1 aromatic carbocycles. The zero-order valence-electron chi connectivity index (χ0n) is 14.9. The Labute approximate surface area is 167 Å². The molecule has 2 aromatic heterocycles. The van der Waals surface area contributed by atoms with Crippen LogP contribution in [-0.2, 0) is 25.1 Å². The van der Waals surface area contributed by atoms with Crippen molar-refractivity contribution < 1.29 is 0 Å². The Kier molecular flexibility index (Phi) is 5.60. The van der Waals surface area contributed by atoms with E-state index in [9.17, 15) is 4.79 Å². The zero-order chi connectivity index (χ0) is 18.6. The van der Waals surface area contributed by atoms with Crippen LogP contribution in [0, 0.1) is 0 Å². The van der Waals surface area contributed by atoms with E-state index in [0.29, 0.717) is 6.54 Å². The highest BCUT2D eigenvalue weighted by atomic mass is 35.5. The summed E-state index contributed by atoms with van der Waals surface area (Å²) in [4.78, 5) is 21.3. The lowest BCUT2D eigenvalue weighted by Gasteiger charge is -2.22. The molecule has 4 nitrogen and oxygen atoms in total. The lowest BCUT2D eigenvalue weighted by molar-refractivity contribution is 0.569. The summed E-state index contributed by atoms with van der Waals surface area (Å²) in [5.41, 5.74) is 4.48. The van der Waals surface area contributed by atoms with Crippen LogP contribution < -0.4 is 5.69 Å². The van der Waals surface area contributed by atoms with Crippen molar-refractivity contribution in [2.24, 2.45) is 0 Å². The van der Waals surface area contributed by atoms with Crippen molar-refractivity contribution in [3.05, 3.63) is 86.7 Å². The van der Waals surface area contributed by atoms with E-state index in [2.05, 4.69) is 9.97 Å². The molecule has 4 rings (SSSR count). The summed E-state index contributed by atoms with van der Waals surface area (Å²) < 4.78 is 1.84. The first-order chi connectivity index (χ1) is 13.2. The van der Waals surface area contributed by atoms with Crippen LogP contribution in [0.1, 0.15) is 35.2 Å². The van der Waals surface area contributed by atoms with E-state index in [1.165, 1.54) is 11.1 Å². The molecular weight excluding hydrogens is 378 g/mol. The van der Waals surface area contributed by atoms with Gasteiger partial charge < -0.3 is 0 Å². The van der Waals surface area contributed by atoms with Crippen molar-refractivity contribution in [1.82, 2.24) is 14.5 Å². The fraction of sp³-hybridized carbons (Fsp3) is 0.286. The molecule has 0 radical (unpaired) electrons. The van der Waals surface area contributed by atoms with Crippen molar-refractivity contribution in [2.45, 2.75) is 43.0 Å². The van der Waals surface area contributed by atoms with Gasteiger partial charge in [-0.3, -0.25) is 9.55 Å². The van der Waals surface area contributed by atoms with E-state index in [1.807, 2.05) is 41.0 Å². The number of nitrogens with zero attached hydrogens (tertiary/aromatic N) is 3. The van der Waals surface area contributed by atoms with E-state index in [-0.39, 0.29) is 5.69 Å². The highest BCUT2D eigenvalue weighted by Gasteiger charge is 2.20. The third-order valence-corrected chi connectivity index (χ3v) is 6.17. The van der Waals surface area contributed by atoms with Crippen LogP contribution in [-0.4, -0.2) is 14.5 Å². The first kappa shape index (κ1) is 18.3. The summed E-state index contributed by atoms with van der Waals surface area (Å²) in [7, 11) is 0. The number of aromatic nitrogens is 3.